The standard InChI is InChI=1S/C19H30F6GeN2S/c1-5-8-11-26(12-9-6-2,13-10-7-3)28-15-16(14-27)17(29-4,18(20,21)22)19(23,24)25/h5-13H2,1-4H3. The molecule has 0 aliphatic rings. The Morgan fingerprint density at radius 1 is 0.862 bits per heavy atom. The van der Waals surface area contributed by atoms with Crippen LogP contribution in [0.2, 0.25) is 15.8 Å². The molecule has 10 heteroatoms. The van der Waals surface area contributed by atoms with Crippen LogP contribution in [0.1, 0.15) is 59.3 Å². The predicted molar refractivity (Wildman–Crippen MR) is 110 cm³/mol. The van der Waals surface area contributed by atoms with Crippen molar-refractivity contribution in [1.29, 1.82) is 5.26 Å². The van der Waals surface area contributed by atoms with E-state index in [9.17, 15) is 31.6 Å². The Morgan fingerprint density at radius 3 is 1.48 bits per heavy atom. The quantitative estimate of drug-likeness (QED) is 0.118. The molecule has 0 amide bonds. The molecule has 2 nitrogen and oxygen atoms in total. The molecule has 0 heterocycles. The molecular weight excluding hydrogens is 475 g/mol. The van der Waals surface area contributed by atoms with Crippen molar-refractivity contribution in [1.82, 2.24) is 0 Å². The SMILES string of the molecule is CCC[CH2][Ge]([CH2]CCC)([CH2]CCC)[N]=C=C(C#N)C(SC)(C(F)(F)F)C(F)(F)F. The van der Waals surface area contributed by atoms with Gasteiger partial charge in [0.1, 0.15) is 0 Å². The maximum absolute atomic E-state index is 13.6. The molecule has 0 rings (SSSR count). The fraction of sp³-hybridized carbons (Fsp3) is 0.842. The van der Waals surface area contributed by atoms with Crippen LogP contribution in [0.3, 0.4) is 0 Å². The van der Waals surface area contributed by atoms with E-state index >= 15 is 0 Å². The Labute approximate surface area is 176 Å². The van der Waals surface area contributed by atoms with Gasteiger partial charge in [0.15, 0.2) is 0 Å². The van der Waals surface area contributed by atoms with E-state index in [1.54, 1.807) is 0 Å². The Balaban J connectivity index is 6.67. The molecule has 0 saturated heterocycles. The van der Waals surface area contributed by atoms with E-state index in [4.69, 9.17) is 0 Å². The Kier molecular flexibility index (Phi) is 12.1. The molecule has 29 heavy (non-hydrogen) atoms. The van der Waals surface area contributed by atoms with Crippen LogP contribution >= 0.6 is 11.8 Å². The summed E-state index contributed by atoms with van der Waals surface area (Å²) < 4.78 is 81.4. The predicted octanol–water partition coefficient (Wildman–Crippen LogP) is 7.68. The molecule has 0 saturated carbocycles. The van der Waals surface area contributed by atoms with Gasteiger partial charge in [-0.3, -0.25) is 0 Å². The van der Waals surface area contributed by atoms with Crippen LogP contribution < -0.4 is 0 Å². The number of thioether (sulfide) groups is 1. The number of halogens is 6. The average Bonchev–Trinajstić information content (AvgIpc) is 2.63. The van der Waals surface area contributed by atoms with Crippen LogP contribution in [-0.4, -0.2) is 42.7 Å². The van der Waals surface area contributed by atoms with Gasteiger partial charge in [0.05, 0.1) is 0 Å². The van der Waals surface area contributed by atoms with Crippen molar-refractivity contribution in [2.75, 3.05) is 6.26 Å². The summed E-state index contributed by atoms with van der Waals surface area (Å²) in [6.45, 7) is 5.96. The number of rotatable bonds is 12. The Bertz CT molecular complexity index is 568. The van der Waals surface area contributed by atoms with Crippen molar-refractivity contribution in [2.24, 2.45) is 3.95 Å². The summed E-state index contributed by atoms with van der Waals surface area (Å²) in [4.78, 5) is 0. The number of nitrogens with zero attached hydrogens (tertiary/aromatic N) is 2. The number of hydrogen-bond acceptors (Lipinski definition) is 3. The number of hydrogen-bond donors (Lipinski definition) is 0. The molecule has 0 aromatic rings. The molecule has 0 aromatic heterocycles. The minimum atomic E-state index is -5.69. The van der Waals surface area contributed by atoms with Crippen LogP contribution in [0.15, 0.2) is 9.52 Å². The van der Waals surface area contributed by atoms with Gasteiger partial charge in [-0.05, 0) is 0 Å². The second kappa shape index (κ2) is 12.3. The summed E-state index contributed by atoms with van der Waals surface area (Å²) in [5.41, 5.74) is -1.50. The summed E-state index contributed by atoms with van der Waals surface area (Å²) in [5.74, 6) is 2.05. The van der Waals surface area contributed by atoms with E-state index < -0.39 is 47.9 Å². The van der Waals surface area contributed by atoms with Crippen LogP contribution in [0.5, 0.6) is 0 Å². The van der Waals surface area contributed by atoms with Crippen molar-refractivity contribution >= 4 is 31.1 Å². The van der Waals surface area contributed by atoms with Crippen LogP contribution in [0.25, 0.3) is 0 Å². The van der Waals surface area contributed by atoms with Crippen molar-refractivity contribution in [3.05, 3.63) is 5.57 Å². The fourth-order valence-electron chi connectivity index (χ4n) is 3.19. The van der Waals surface area contributed by atoms with E-state index in [0.29, 0.717) is 6.26 Å². The zero-order chi connectivity index (χ0) is 22.8. The van der Waals surface area contributed by atoms with Gasteiger partial charge in [0.25, 0.3) is 0 Å². The van der Waals surface area contributed by atoms with Gasteiger partial charge in [0.2, 0.25) is 0 Å². The van der Waals surface area contributed by atoms with Crippen LogP contribution in [0, 0.1) is 11.3 Å². The molecule has 0 N–H and O–H groups in total. The maximum atomic E-state index is 13.6. The molecule has 0 atom stereocenters. The van der Waals surface area contributed by atoms with Crippen molar-refractivity contribution in [3.8, 4) is 6.07 Å². The first-order valence-corrected chi connectivity index (χ1v) is 16.5. The van der Waals surface area contributed by atoms with E-state index in [-0.39, 0.29) is 0 Å². The summed E-state index contributed by atoms with van der Waals surface area (Å²) >= 11 is -3.60. The molecule has 0 bridgehead atoms. The Hall–Kier alpha value is -0.587. The van der Waals surface area contributed by atoms with Gasteiger partial charge in [-0.25, -0.2) is 0 Å². The first-order chi connectivity index (χ1) is 13.4. The third-order valence-corrected chi connectivity index (χ3v) is 15.6. The van der Waals surface area contributed by atoms with Gasteiger partial charge in [-0.1, -0.05) is 0 Å². The third-order valence-electron chi connectivity index (χ3n) is 4.96. The molecule has 0 spiro atoms. The van der Waals surface area contributed by atoms with E-state index in [1.807, 2.05) is 26.6 Å². The fourth-order valence-corrected chi connectivity index (χ4v) is 13.3. The number of unbranched alkanes of at least 4 members (excludes halogenated alkanes) is 3. The second-order valence-corrected chi connectivity index (χ2v) is 16.9. The molecule has 168 valence electrons. The number of alkyl halides is 6. The first-order valence-electron chi connectivity index (χ1n) is 9.85. The average molecular weight is 505 g/mol. The van der Waals surface area contributed by atoms with Crippen molar-refractivity contribution in [2.45, 2.75) is 92.2 Å². The first kappa shape index (κ1) is 28.4. The van der Waals surface area contributed by atoms with Crippen molar-refractivity contribution < 1.29 is 26.3 Å². The van der Waals surface area contributed by atoms with Gasteiger partial charge in [0, 0.05) is 0 Å². The van der Waals surface area contributed by atoms with Gasteiger partial charge >= 0.3 is 177 Å². The molecule has 0 aliphatic heterocycles. The minimum absolute atomic E-state index is 0.443. The molecule has 0 unspecified atom stereocenters. The monoisotopic (exact) mass is 506 g/mol. The van der Waals surface area contributed by atoms with E-state index in [2.05, 4.69) is 3.95 Å². The van der Waals surface area contributed by atoms with Crippen LogP contribution in [0.4, 0.5) is 26.3 Å². The third kappa shape index (κ3) is 7.25. The van der Waals surface area contributed by atoms with Crippen LogP contribution in [-0.2, 0) is 0 Å². The molecular formula is C19H30F6GeN2S. The van der Waals surface area contributed by atoms with Crippen molar-refractivity contribution in [3.63, 3.8) is 0 Å². The summed E-state index contributed by atoms with van der Waals surface area (Å²) in [6.07, 6.45) is -5.58. The molecule has 0 aromatic carbocycles. The van der Waals surface area contributed by atoms with Gasteiger partial charge in [-0.15, -0.1) is 0 Å². The molecule has 0 fully saturated rings. The molecule has 0 radical (unpaired) electrons. The summed E-state index contributed by atoms with van der Waals surface area (Å²) in [6, 6.07) is 1.13. The summed E-state index contributed by atoms with van der Waals surface area (Å²) in [5, 5.41) is 11.4. The van der Waals surface area contributed by atoms with E-state index in [1.165, 1.54) is 0 Å². The molecule has 0 aliphatic carbocycles. The second-order valence-electron chi connectivity index (χ2n) is 7.13. The topological polar surface area (TPSA) is 36.1 Å². The normalized spacial score (nSPS) is 13.0. The zero-order valence-electron chi connectivity index (χ0n) is 17.4. The Morgan fingerprint density at radius 2 is 1.24 bits per heavy atom. The summed E-state index contributed by atoms with van der Waals surface area (Å²) in [7, 11) is 0. The zero-order valence-corrected chi connectivity index (χ0v) is 20.3. The van der Waals surface area contributed by atoms with Gasteiger partial charge in [-0.2, -0.15) is 0 Å². The van der Waals surface area contributed by atoms with E-state index in [0.717, 1.165) is 60.4 Å². The van der Waals surface area contributed by atoms with Gasteiger partial charge < -0.3 is 0 Å². The number of nitriles is 1.